The molecule has 9 heteroatoms. The molecule has 1 saturated carbocycles. The van der Waals surface area contributed by atoms with Crippen LogP contribution in [-0.4, -0.2) is 35.0 Å². The van der Waals surface area contributed by atoms with Gasteiger partial charge >= 0.3 is 0 Å². The lowest BCUT2D eigenvalue weighted by Gasteiger charge is -2.30. The van der Waals surface area contributed by atoms with Gasteiger partial charge in [-0.25, -0.2) is 14.4 Å². The number of primary amides is 1. The molecule has 144 valence electrons. The third-order valence-electron chi connectivity index (χ3n) is 4.67. The standard InChI is InChI=1S/C18H24FN7O/c1-22-15-7-6-10(9-23-15)24-17-11(16(21)27)8-12(19)18(26-17)25-14-5-3-2-4-13(14)20/h6-9,13-14H,2-5,20H2,1H3,(H2,21,27)(H,22,23)(H2,24,25,26)/t13-,14?/m0/s1. The average molecular weight is 373 g/mol. The van der Waals surface area contributed by atoms with Gasteiger partial charge in [0.05, 0.1) is 17.4 Å². The van der Waals surface area contributed by atoms with Crippen LogP contribution >= 0.6 is 0 Å². The van der Waals surface area contributed by atoms with Gasteiger partial charge in [0.2, 0.25) is 0 Å². The number of hydrogen-bond acceptors (Lipinski definition) is 7. The van der Waals surface area contributed by atoms with Crippen molar-refractivity contribution in [3.63, 3.8) is 0 Å². The fraction of sp³-hybridized carbons (Fsp3) is 0.389. The van der Waals surface area contributed by atoms with Crippen molar-refractivity contribution in [3.8, 4) is 0 Å². The Labute approximate surface area is 156 Å². The van der Waals surface area contributed by atoms with Crippen LogP contribution in [0.4, 0.5) is 27.5 Å². The van der Waals surface area contributed by atoms with Gasteiger partial charge in [0.15, 0.2) is 11.6 Å². The van der Waals surface area contributed by atoms with Crippen LogP contribution < -0.4 is 27.4 Å². The van der Waals surface area contributed by atoms with Crippen LogP contribution in [0.3, 0.4) is 0 Å². The number of amides is 1. The van der Waals surface area contributed by atoms with Crippen LogP contribution in [0.1, 0.15) is 36.0 Å². The largest absolute Gasteiger partial charge is 0.373 e. The molecule has 0 aliphatic heterocycles. The van der Waals surface area contributed by atoms with E-state index in [9.17, 15) is 9.18 Å². The molecule has 2 heterocycles. The number of carbonyl (C=O) groups is 1. The SMILES string of the molecule is CNc1ccc(Nc2nc(NC3CCCC[C@@H]3N)c(F)cc2C(N)=O)cn1. The second-order valence-corrected chi connectivity index (χ2v) is 6.59. The van der Waals surface area contributed by atoms with Crippen molar-refractivity contribution in [1.82, 2.24) is 9.97 Å². The molecule has 7 N–H and O–H groups in total. The Kier molecular flexibility index (Phi) is 5.70. The van der Waals surface area contributed by atoms with Crippen molar-refractivity contribution in [2.24, 2.45) is 11.5 Å². The van der Waals surface area contributed by atoms with E-state index >= 15 is 0 Å². The molecule has 2 aromatic heterocycles. The molecule has 0 saturated heterocycles. The minimum absolute atomic E-state index is 0.0383. The summed E-state index contributed by atoms with van der Waals surface area (Å²) in [6.07, 6.45) is 5.40. The summed E-state index contributed by atoms with van der Waals surface area (Å²) in [6, 6.07) is 4.48. The first-order valence-electron chi connectivity index (χ1n) is 8.91. The second-order valence-electron chi connectivity index (χ2n) is 6.59. The van der Waals surface area contributed by atoms with Crippen LogP contribution in [0.25, 0.3) is 0 Å². The fourth-order valence-corrected chi connectivity index (χ4v) is 3.14. The van der Waals surface area contributed by atoms with E-state index in [1.807, 2.05) is 0 Å². The number of nitrogens with one attached hydrogen (secondary N) is 3. The number of pyridine rings is 2. The zero-order chi connectivity index (χ0) is 19.4. The first-order valence-corrected chi connectivity index (χ1v) is 8.91. The topological polar surface area (TPSA) is 131 Å². The number of nitrogens with two attached hydrogens (primary N) is 2. The summed E-state index contributed by atoms with van der Waals surface area (Å²) < 4.78 is 14.5. The third kappa shape index (κ3) is 4.43. The maximum absolute atomic E-state index is 14.5. The molecule has 3 rings (SSSR count). The first-order chi connectivity index (χ1) is 13.0. The zero-order valence-electron chi connectivity index (χ0n) is 15.1. The molecular formula is C18H24FN7O. The van der Waals surface area contributed by atoms with Crippen LogP contribution in [0, 0.1) is 5.82 Å². The van der Waals surface area contributed by atoms with Gasteiger partial charge < -0.3 is 27.4 Å². The molecule has 0 aromatic carbocycles. The Balaban J connectivity index is 1.89. The molecule has 2 aromatic rings. The summed E-state index contributed by atoms with van der Waals surface area (Å²) in [7, 11) is 1.76. The lowest BCUT2D eigenvalue weighted by atomic mass is 9.91. The predicted molar refractivity (Wildman–Crippen MR) is 104 cm³/mol. The molecule has 1 aliphatic rings. The van der Waals surface area contributed by atoms with Crippen molar-refractivity contribution in [3.05, 3.63) is 35.8 Å². The molecule has 1 fully saturated rings. The molecule has 1 aliphatic carbocycles. The summed E-state index contributed by atoms with van der Waals surface area (Å²) in [5.41, 5.74) is 12.1. The van der Waals surface area contributed by atoms with E-state index in [0.29, 0.717) is 11.5 Å². The highest BCUT2D eigenvalue weighted by molar-refractivity contribution is 5.98. The summed E-state index contributed by atoms with van der Waals surface area (Å²) in [4.78, 5) is 20.2. The van der Waals surface area contributed by atoms with E-state index in [0.717, 1.165) is 31.7 Å². The Hall–Kier alpha value is -2.94. The van der Waals surface area contributed by atoms with Crippen LogP contribution in [-0.2, 0) is 0 Å². The summed E-state index contributed by atoms with van der Waals surface area (Å²) in [6.45, 7) is 0. The van der Waals surface area contributed by atoms with E-state index < -0.39 is 11.7 Å². The molecule has 1 amide bonds. The van der Waals surface area contributed by atoms with Crippen molar-refractivity contribution in [1.29, 1.82) is 0 Å². The molecule has 2 atom stereocenters. The first kappa shape index (κ1) is 18.8. The highest BCUT2D eigenvalue weighted by Crippen LogP contribution is 2.26. The molecule has 8 nitrogen and oxygen atoms in total. The van der Waals surface area contributed by atoms with E-state index in [4.69, 9.17) is 11.5 Å². The summed E-state index contributed by atoms with van der Waals surface area (Å²) in [5, 5.41) is 8.98. The lowest BCUT2D eigenvalue weighted by Crippen LogP contribution is -2.43. The molecule has 27 heavy (non-hydrogen) atoms. The van der Waals surface area contributed by atoms with Gasteiger partial charge in [0, 0.05) is 19.1 Å². The van der Waals surface area contributed by atoms with Crippen molar-refractivity contribution >= 4 is 29.0 Å². The van der Waals surface area contributed by atoms with Crippen molar-refractivity contribution < 1.29 is 9.18 Å². The number of nitrogens with zero attached hydrogens (tertiary/aromatic N) is 2. The average Bonchev–Trinajstić information content (AvgIpc) is 2.66. The molecule has 1 unspecified atom stereocenters. The number of aromatic nitrogens is 2. The molecule has 0 bridgehead atoms. The van der Waals surface area contributed by atoms with Crippen molar-refractivity contribution in [2.75, 3.05) is 23.0 Å². The number of anilines is 4. The van der Waals surface area contributed by atoms with Crippen LogP contribution in [0.2, 0.25) is 0 Å². The van der Waals surface area contributed by atoms with Crippen LogP contribution in [0.15, 0.2) is 24.4 Å². The van der Waals surface area contributed by atoms with Gasteiger partial charge in [0.1, 0.15) is 11.6 Å². The Morgan fingerprint density at radius 3 is 2.67 bits per heavy atom. The highest BCUT2D eigenvalue weighted by Gasteiger charge is 2.24. The number of carbonyl (C=O) groups excluding carboxylic acids is 1. The third-order valence-corrected chi connectivity index (χ3v) is 4.67. The molecule has 0 radical (unpaired) electrons. The minimum Gasteiger partial charge on any atom is -0.373 e. The fourth-order valence-electron chi connectivity index (χ4n) is 3.14. The van der Waals surface area contributed by atoms with Gasteiger partial charge in [-0.05, 0) is 31.0 Å². The van der Waals surface area contributed by atoms with E-state index in [1.165, 1.54) is 0 Å². The smallest absolute Gasteiger partial charge is 0.252 e. The van der Waals surface area contributed by atoms with E-state index in [-0.39, 0.29) is 29.3 Å². The maximum Gasteiger partial charge on any atom is 0.252 e. The number of rotatable bonds is 6. The normalized spacial score (nSPS) is 19.4. The monoisotopic (exact) mass is 373 g/mol. The van der Waals surface area contributed by atoms with E-state index in [2.05, 4.69) is 25.9 Å². The maximum atomic E-state index is 14.5. The zero-order valence-corrected chi connectivity index (χ0v) is 15.1. The highest BCUT2D eigenvalue weighted by atomic mass is 19.1. The van der Waals surface area contributed by atoms with Gasteiger partial charge in [-0.1, -0.05) is 12.8 Å². The van der Waals surface area contributed by atoms with Gasteiger partial charge in [-0.15, -0.1) is 0 Å². The Morgan fingerprint density at radius 2 is 2.04 bits per heavy atom. The quantitative estimate of drug-likeness (QED) is 0.524. The Morgan fingerprint density at radius 1 is 1.26 bits per heavy atom. The van der Waals surface area contributed by atoms with Crippen LogP contribution in [0.5, 0.6) is 0 Å². The lowest BCUT2D eigenvalue weighted by molar-refractivity contribution is 0.100. The number of hydrogen-bond donors (Lipinski definition) is 5. The van der Waals surface area contributed by atoms with Gasteiger partial charge in [-0.3, -0.25) is 4.79 Å². The molecular weight excluding hydrogens is 349 g/mol. The van der Waals surface area contributed by atoms with Gasteiger partial charge in [-0.2, -0.15) is 0 Å². The predicted octanol–water partition coefficient (Wildman–Crippen LogP) is 2.18. The second kappa shape index (κ2) is 8.17. The number of halogens is 1. The van der Waals surface area contributed by atoms with E-state index in [1.54, 1.807) is 25.4 Å². The van der Waals surface area contributed by atoms with Crippen molar-refractivity contribution in [2.45, 2.75) is 37.8 Å². The van der Waals surface area contributed by atoms with Gasteiger partial charge in [0.25, 0.3) is 5.91 Å². The minimum atomic E-state index is -0.773. The summed E-state index contributed by atoms with van der Waals surface area (Å²) >= 11 is 0. The molecule has 0 spiro atoms. The Bertz CT molecular complexity index is 812. The summed E-state index contributed by atoms with van der Waals surface area (Å²) in [5.74, 6) is -0.517.